The first kappa shape index (κ1) is 10.8. The van der Waals surface area contributed by atoms with Crippen LogP contribution in [0.15, 0.2) is 43.2 Å². The number of benzene rings is 1. The van der Waals surface area contributed by atoms with Crippen molar-refractivity contribution in [2.45, 2.75) is 6.54 Å². The molecule has 0 unspecified atom stereocenters. The van der Waals surface area contributed by atoms with Gasteiger partial charge in [-0.2, -0.15) is 5.10 Å². The fourth-order valence-corrected chi connectivity index (χ4v) is 1.56. The molecule has 0 aliphatic rings. The van der Waals surface area contributed by atoms with E-state index in [-0.39, 0.29) is 0 Å². The van der Waals surface area contributed by atoms with Crippen LogP contribution in [0.2, 0.25) is 5.02 Å². The van der Waals surface area contributed by atoms with E-state index < -0.39 is 0 Å². The zero-order valence-electron chi connectivity index (χ0n) is 8.73. The Labute approximate surface area is 99.4 Å². The molecule has 2 aromatic rings. The van der Waals surface area contributed by atoms with Gasteiger partial charge in [-0.15, -0.1) is 0 Å². The number of halogens is 1. The molecule has 0 aliphatic carbocycles. The highest BCUT2D eigenvalue weighted by atomic mass is 35.5. The maximum absolute atomic E-state index is 5.88. The van der Waals surface area contributed by atoms with Gasteiger partial charge in [0.05, 0.1) is 6.20 Å². The number of nitrogens with one attached hydrogen (secondary N) is 1. The highest BCUT2D eigenvalue weighted by Crippen LogP contribution is 2.15. The van der Waals surface area contributed by atoms with Crippen molar-refractivity contribution in [3.05, 3.63) is 53.8 Å². The van der Waals surface area contributed by atoms with Crippen molar-refractivity contribution in [2.75, 3.05) is 5.32 Å². The van der Waals surface area contributed by atoms with Crippen molar-refractivity contribution in [1.29, 1.82) is 0 Å². The molecule has 0 radical (unpaired) electrons. The molecular formula is C12H12ClN3. The van der Waals surface area contributed by atoms with Gasteiger partial charge in [-0.1, -0.05) is 24.2 Å². The standard InChI is InChI=1S/C12H12ClN3/c1-2-16-9-10(8-15-16)7-14-12-5-3-4-11(13)6-12/h2-6,8-9,14H,1,7H2. The van der Waals surface area contributed by atoms with Gasteiger partial charge in [0.1, 0.15) is 0 Å². The van der Waals surface area contributed by atoms with E-state index in [0.717, 1.165) is 16.3 Å². The van der Waals surface area contributed by atoms with Gasteiger partial charge in [-0.3, -0.25) is 0 Å². The normalized spacial score (nSPS) is 10.1. The molecule has 1 aromatic heterocycles. The molecule has 4 heteroatoms. The van der Waals surface area contributed by atoms with E-state index in [0.29, 0.717) is 6.54 Å². The zero-order chi connectivity index (χ0) is 11.4. The largest absolute Gasteiger partial charge is 0.381 e. The Morgan fingerprint density at radius 1 is 1.50 bits per heavy atom. The van der Waals surface area contributed by atoms with Crippen molar-refractivity contribution in [3.8, 4) is 0 Å². The summed E-state index contributed by atoms with van der Waals surface area (Å²) in [5.41, 5.74) is 2.10. The Bertz CT molecular complexity index is 491. The third kappa shape index (κ3) is 2.64. The summed E-state index contributed by atoms with van der Waals surface area (Å²) in [5, 5.41) is 8.09. The maximum atomic E-state index is 5.88. The lowest BCUT2D eigenvalue weighted by Gasteiger charge is -2.04. The average molecular weight is 234 g/mol. The van der Waals surface area contributed by atoms with Crippen LogP contribution in [-0.2, 0) is 6.54 Å². The highest BCUT2D eigenvalue weighted by molar-refractivity contribution is 6.30. The first-order chi connectivity index (χ1) is 7.78. The van der Waals surface area contributed by atoms with E-state index >= 15 is 0 Å². The maximum Gasteiger partial charge on any atom is 0.0543 e. The van der Waals surface area contributed by atoms with Crippen LogP contribution < -0.4 is 5.32 Å². The lowest BCUT2D eigenvalue weighted by molar-refractivity contribution is 0.936. The molecule has 2 rings (SSSR count). The van der Waals surface area contributed by atoms with Crippen molar-refractivity contribution in [2.24, 2.45) is 0 Å². The summed E-state index contributed by atoms with van der Waals surface area (Å²) in [6, 6.07) is 7.63. The summed E-state index contributed by atoms with van der Waals surface area (Å²) in [6.45, 7) is 4.35. The predicted molar refractivity (Wildman–Crippen MR) is 67.4 cm³/mol. The summed E-state index contributed by atoms with van der Waals surface area (Å²) >= 11 is 5.88. The fraction of sp³-hybridized carbons (Fsp3) is 0.0833. The highest BCUT2D eigenvalue weighted by Gasteiger charge is 1.97. The van der Waals surface area contributed by atoms with Crippen molar-refractivity contribution < 1.29 is 0 Å². The quantitative estimate of drug-likeness (QED) is 0.879. The van der Waals surface area contributed by atoms with Crippen LogP contribution in [0.3, 0.4) is 0 Å². The molecule has 3 nitrogen and oxygen atoms in total. The molecule has 1 aromatic carbocycles. The number of anilines is 1. The number of rotatable bonds is 4. The van der Waals surface area contributed by atoms with Crippen LogP contribution in [0.5, 0.6) is 0 Å². The zero-order valence-corrected chi connectivity index (χ0v) is 9.48. The third-order valence-electron chi connectivity index (χ3n) is 2.16. The molecule has 0 aliphatic heterocycles. The molecule has 16 heavy (non-hydrogen) atoms. The van der Waals surface area contributed by atoms with Crippen LogP contribution in [-0.4, -0.2) is 9.78 Å². The summed E-state index contributed by atoms with van der Waals surface area (Å²) in [4.78, 5) is 0. The summed E-state index contributed by atoms with van der Waals surface area (Å²) in [5.74, 6) is 0. The van der Waals surface area contributed by atoms with E-state index in [1.54, 1.807) is 17.1 Å². The van der Waals surface area contributed by atoms with E-state index in [9.17, 15) is 0 Å². The summed E-state index contributed by atoms with van der Waals surface area (Å²) < 4.78 is 1.68. The topological polar surface area (TPSA) is 29.9 Å². The van der Waals surface area contributed by atoms with Gasteiger partial charge < -0.3 is 5.32 Å². The summed E-state index contributed by atoms with van der Waals surface area (Å²) in [6.07, 6.45) is 5.38. The second-order valence-corrected chi connectivity index (χ2v) is 3.81. The Balaban J connectivity index is 1.99. The van der Waals surface area contributed by atoms with Gasteiger partial charge in [-0.25, -0.2) is 4.68 Å². The van der Waals surface area contributed by atoms with Crippen LogP contribution in [0.4, 0.5) is 5.69 Å². The molecule has 0 atom stereocenters. The number of hydrogen-bond donors (Lipinski definition) is 1. The Morgan fingerprint density at radius 3 is 3.06 bits per heavy atom. The van der Waals surface area contributed by atoms with Gasteiger partial charge in [0.2, 0.25) is 0 Å². The fourth-order valence-electron chi connectivity index (χ4n) is 1.37. The van der Waals surface area contributed by atoms with Gasteiger partial charge in [0.25, 0.3) is 0 Å². The van der Waals surface area contributed by atoms with E-state index in [1.165, 1.54) is 0 Å². The minimum atomic E-state index is 0.716. The molecule has 1 heterocycles. The molecule has 0 saturated carbocycles. The second kappa shape index (κ2) is 4.86. The Morgan fingerprint density at radius 2 is 2.38 bits per heavy atom. The molecule has 0 saturated heterocycles. The van der Waals surface area contributed by atoms with Crippen LogP contribution in [0.25, 0.3) is 6.20 Å². The molecule has 0 bridgehead atoms. The SMILES string of the molecule is C=Cn1cc(CNc2cccc(Cl)c2)cn1. The molecule has 0 amide bonds. The van der Waals surface area contributed by atoms with Crippen LogP contribution in [0.1, 0.15) is 5.56 Å². The van der Waals surface area contributed by atoms with Gasteiger partial charge in [0.15, 0.2) is 0 Å². The van der Waals surface area contributed by atoms with Gasteiger partial charge in [-0.05, 0) is 18.2 Å². The molecule has 0 spiro atoms. The molecule has 1 N–H and O–H groups in total. The Hall–Kier alpha value is -1.74. The third-order valence-corrected chi connectivity index (χ3v) is 2.40. The van der Waals surface area contributed by atoms with Gasteiger partial charge >= 0.3 is 0 Å². The summed E-state index contributed by atoms with van der Waals surface area (Å²) in [7, 11) is 0. The second-order valence-electron chi connectivity index (χ2n) is 3.38. The predicted octanol–water partition coefficient (Wildman–Crippen LogP) is 3.25. The number of hydrogen-bond acceptors (Lipinski definition) is 2. The van der Waals surface area contributed by atoms with Crippen molar-refractivity contribution in [3.63, 3.8) is 0 Å². The first-order valence-corrected chi connectivity index (χ1v) is 5.31. The van der Waals surface area contributed by atoms with Gasteiger partial charge in [0, 0.05) is 35.2 Å². The molecule has 0 fully saturated rings. The lowest BCUT2D eigenvalue weighted by atomic mass is 10.3. The van der Waals surface area contributed by atoms with E-state index in [4.69, 9.17) is 11.6 Å². The minimum Gasteiger partial charge on any atom is -0.381 e. The first-order valence-electron chi connectivity index (χ1n) is 4.93. The van der Waals surface area contributed by atoms with Crippen LogP contribution in [0, 0.1) is 0 Å². The smallest absolute Gasteiger partial charge is 0.0543 e. The van der Waals surface area contributed by atoms with Crippen molar-refractivity contribution in [1.82, 2.24) is 9.78 Å². The average Bonchev–Trinajstić information content (AvgIpc) is 2.74. The Kier molecular flexibility index (Phi) is 3.27. The minimum absolute atomic E-state index is 0.716. The van der Waals surface area contributed by atoms with Crippen LogP contribution >= 0.6 is 11.6 Å². The lowest BCUT2D eigenvalue weighted by Crippen LogP contribution is -1.97. The molecule has 82 valence electrons. The van der Waals surface area contributed by atoms with E-state index in [2.05, 4.69) is 17.0 Å². The monoisotopic (exact) mass is 233 g/mol. The van der Waals surface area contributed by atoms with Crippen molar-refractivity contribution >= 4 is 23.5 Å². The van der Waals surface area contributed by atoms with E-state index in [1.807, 2.05) is 30.5 Å². The number of nitrogens with zero attached hydrogens (tertiary/aromatic N) is 2. The molecular weight excluding hydrogens is 222 g/mol. The number of aromatic nitrogens is 2.